The third-order valence-electron chi connectivity index (χ3n) is 3.29. The lowest BCUT2D eigenvalue weighted by atomic mass is 10.1. The fourth-order valence-electron chi connectivity index (χ4n) is 2.17. The van der Waals surface area contributed by atoms with E-state index in [-0.39, 0.29) is 12.7 Å². The Morgan fingerprint density at radius 1 is 1.09 bits per heavy atom. The zero-order valence-corrected chi connectivity index (χ0v) is 13.1. The van der Waals surface area contributed by atoms with Crippen LogP contribution in [0.4, 0.5) is 5.69 Å². The maximum absolute atomic E-state index is 12.0. The molecule has 0 fully saturated rings. The Hall–Kier alpha value is -1.91. The van der Waals surface area contributed by atoms with Gasteiger partial charge in [-0.05, 0) is 36.2 Å². The molecule has 1 amide bonds. The van der Waals surface area contributed by atoms with E-state index in [4.69, 9.17) is 32.7 Å². The molecule has 0 atom stereocenters. The lowest BCUT2D eigenvalue weighted by molar-refractivity contribution is -0.116. The van der Waals surface area contributed by atoms with Crippen LogP contribution < -0.4 is 14.8 Å². The Bertz CT molecular complexity index is 719. The summed E-state index contributed by atoms with van der Waals surface area (Å²) < 4.78 is 10.5. The normalized spacial score (nSPS) is 12.3. The molecule has 3 rings (SSSR count). The molecule has 1 N–H and O–H groups in total. The van der Waals surface area contributed by atoms with Gasteiger partial charge in [-0.3, -0.25) is 4.79 Å². The number of benzene rings is 2. The highest BCUT2D eigenvalue weighted by Gasteiger charge is 2.14. The first kappa shape index (κ1) is 15.0. The number of hydrogen-bond acceptors (Lipinski definition) is 3. The summed E-state index contributed by atoms with van der Waals surface area (Å²) in [6.45, 7) is 0.210. The average molecular weight is 338 g/mol. The van der Waals surface area contributed by atoms with E-state index in [2.05, 4.69) is 5.32 Å². The summed E-state index contributed by atoms with van der Waals surface area (Å²) in [6.07, 6.45) is 0.877. The van der Waals surface area contributed by atoms with Crippen LogP contribution in [0.1, 0.15) is 12.0 Å². The van der Waals surface area contributed by atoms with Gasteiger partial charge in [-0.2, -0.15) is 0 Å². The first-order valence-electron chi connectivity index (χ1n) is 6.75. The molecule has 0 aliphatic carbocycles. The molecule has 0 aromatic heterocycles. The molecule has 0 spiro atoms. The Labute approximate surface area is 137 Å². The Balaban J connectivity index is 1.58. The van der Waals surface area contributed by atoms with E-state index in [1.165, 1.54) is 0 Å². The van der Waals surface area contributed by atoms with Crippen molar-refractivity contribution < 1.29 is 14.3 Å². The zero-order valence-electron chi connectivity index (χ0n) is 11.6. The third-order valence-corrected chi connectivity index (χ3v) is 3.88. The molecule has 0 bridgehead atoms. The second kappa shape index (κ2) is 6.46. The van der Waals surface area contributed by atoms with Crippen LogP contribution in [0.15, 0.2) is 36.4 Å². The van der Waals surface area contributed by atoms with E-state index in [1.807, 2.05) is 6.07 Å². The molecular formula is C16H13Cl2NO3. The van der Waals surface area contributed by atoms with Gasteiger partial charge in [-0.1, -0.05) is 29.3 Å². The van der Waals surface area contributed by atoms with Gasteiger partial charge in [-0.15, -0.1) is 0 Å². The minimum Gasteiger partial charge on any atom is -0.454 e. The summed E-state index contributed by atoms with van der Waals surface area (Å²) in [6, 6.07) is 10.6. The number of amides is 1. The smallest absolute Gasteiger partial charge is 0.231 e. The van der Waals surface area contributed by atoms with Gasteiger partial charge < -0.3 is 14.8 Å². The molecule has 6 heteroatoms. The number of rotatable bonds is 4. The van der Waals surface area contributed by atoms with Gasteiger partial charge >= 0.3 is 0 Å². The summed E-state index contributed by atoms with van der Waals surface area (Å²) in [4.78, 5) is 12.0. The van der Waals surface area contributed by atoms with Crippen LogP contribution in [0.2, 0.25) is 10.0 Å². The number of fused-ring (bicyclic) bond motifs is 1. The van der Waals surface area contributed by atoms with Crippen molar-refractivity contribution in [2.24, 2.45) is 0 Å². The predicted molar refractivity (Wildman–Crippen MR) is 86.0 cm³/mol. The lowest BCUT2D eigenvalue weighted by Gasteiger charge is -2.07. The molecule has 0 unspecified atom stereocenters. The van der Waals surface area contributed by atoms with Gasteiger partial charge in [0.15, 0.2) is 11.5 Å². The highest BCUT2D eigenvalue weighted by Crippen LogP contribution is 2.34. The minimum atomic E-state index is -0.0927. The Kier molecular flexibility index (Phi) is 4.41. The molecule has 0 saturated heterocycles. The van der Waals surface area contributed by atoms with Gasteiger partial charge in [0.25, 0.3) is 0 Å². The highest BCUT2D eigenvalue weighted by molar-refractivity contribution is 6.35. The van der Waals surface area contributed by atoms with E-state index in [1.54, 1.807) is 30.3 Å². The quantitative estimate of drug-likeness (QED) is 0.904. The summed E-state index contributed by atoms with van der Waals surface area (Å²) in [5, 5.41) is 3.98. The first-order valence-corrected chi connectivity index (χ1v) is 7.51. The summed E-state index contributed by atoms with van der Waals surface area (Å²) in [5.74, 6) is 1.23. The minimum absolute atomic E-state index is 0.0927. The molecule has 0 radical (unpaired) electrons. The number of nitrogens with one attached hydrogen (secondary N) is 1. The van der Waals surface area contributed by atoms with Crippen molar-refractivity contribution >= 4 is 34.8 Å². The van der Waals surface area contributed by atoms with E-state index in [0.717, 1.165) is 5.56 Å². The average Bonchev–Trinajstić information content (AvgIpc) is 2.94. The molecule has 1 aliphatic rings. The van der Waals surface area contributed by atoms with Crippen molar-refractivity contribution in [2.75, 3.05) is 12.1 Å². The van der Waals surface area contributed by atoms with Crippen molar-refractivity contribution in [2.45, 2.75) is 12.8 Å². The largest absolute Gasteiger partial charge is 0.454 e. The second-order valence-electron chi connectivity index (χ2n) is 4.85. The SMILES string of the molecule is O=C(CCc1ccc(Cl)cc1Cl)Nc1ccc2c(c1)OCO2. The van der Waals surface area contributed by atoms with Gasteiger partial charge in [0.1, 0.15) is 0 Å². The van der Waals surface area contributed by atoms with Crippen molar-refractivity contribution in [3.05, 3.63) is 52.0 Å². The lowest BCUT2D eigenvalue weighted by Crippen LogP contribution is -2.12. The molecule has 114 valence electrons. The number of carbonyl (C=O) groups is 1. The number of ether oxygens (including phenoxy) is 2. The molecule has 1 aliphatic heterocycles. The highest BCUT2D eigenvalue weighted by atomic mass is 35.5. The van der Waals surface area contributed by atoms with Crippen molar-refractivity contribution in [3.63, 3.8) is 0 Å². The number of anilines is 1. The maximum atomic E-state index is 12.0. The number of carbonyl (C=O) groups excluding carboxylic acids is 1. The van der Waals surface area contributed by atoms with Gasteiger partial charge in [0.05, 0.1) is 0 Å². The number of hydrogen-bond donors (Lipinski definition) is 1. The van der Waals surface area contributed by atoms with E-state index >= 15 is 0 Å². The van der Waals surface area contributed by atoms with Crippen molar-refractivity contribution in [1.82, 2.24) is 0 Å². The van der Waals surface area contributed by atoms with Gasteiger partial charge in [0, 0.05) is 28.2 Å². The topological polar surface area (TPSA) is 47.6 Å². The standard InChI is InChI=1S/C16H13Cl2NO3/c17-11-3-1-10(13(18)7-11)2-6-16(20)19-12-4-5-14-15(8-12)22-9-21-14/h1,3-5,7-8H,2,6,9H2,(H,19,20). The molecule has 1 heterocycles. The zero-order chi connectivity index (χ0) is 15.5. The first-order chi connectivity index (χ1) is 10.6. The van der Waals surface area contributed by atoms with Crippen LogP contribution >= 0.6 is 23.2 Å². The van der Waals surface area contributed by atoms with Crippen molar-refractivity contribution in [1.29, 1.82) is 0 Å². The van der Waals surface area contributed by atoms with Crippen LogP contribution in [0.5, 0.6) is 11.5 Å². The van der Waals surface area contributed by atoms with Crippen LogP contribution in [0.25, 0.3) is 0 Å². The summed E-state index contributed by atoms with van der Waals surface area (Å²) in [7, 11) is 0. The van der Waals surface area contributed by atoms with Crippen LogP contribution in [-0.4, -0.2) is 12.7 Å². The fourth-order valence-corrected chi connectivity index (χ4v) is 2.67. The van der Waals surface area contributed by atoms with Crippen LogP contribution in [0.3, 0.4) is 0 Å². The monoisotopic (exact) mass is 337 g/mol. The van der Waals surface area contributed by atoms with Gasteiger partial charge in [0.2, 0.25) is 12.7 Å². The predicted octanol–water partition coefficient (Wildman–Crippen LogP) is 4.29. The molecule has 2 aromatic carbocycles. The second-order valence-corrected chi connectivity index (χ2v) is 5.70. The third kappa shape index (κ3) is 3.46. The Morgan fingerprint density at radius 3 is 2.73 bits per heavy atom. The molecule has 0 saturated carbocycles. The summed E-state index contributed by atoms with van der Waals surface area (Å²) in [5.41, 5.74) is 1.57. The molecule has 2 aromatic rings. The fraction of sp³-hybridized carbons (Fsp3) is 0.188. The maximum Gasteiger partial charge on any atom is 0.231 e. The number of aryl methyl sites for hydroxylation is 1. The molecule has 22 heavy (non-hydrogen) atoms. The number of halogens is 2. The van der Waals surface area contributed by atoms with E-state index in [0.29, 0.717) is 40.1 Å². The van der Waals surface area contributed by atoms with E-state index in [9.17, 15) is 4.79 Å². The Morgan fingerprint density at radius 2 is 1.91 bits per heavy atom. The van der Waals surface area contributed by atoms with Gasteiger partial charge in [-0.25, -0.2) is 0 Å². The van der Waals surface area contributed by atoms with Crippen LogP contribution in [-0.2, 0) is 11.2 Å². The van der Waals surface area contributed by atoms with Crippen LogP contribution in [0, 0.1) is 0 Å². The van der Waals surface area contributed by atoms with E-state index < -0.39 is 0 Å². The molecular weight excluding hydrogens is 325 g/mol. The molecule has 4 nitrogen and oxygen atoms in total. The summed E-state index contributed by atoms with van der Waals surface area (Å²) >= 11 is 11.9. The van der Waals surface area contributed by atoms with Crippen molar-refractivity contribution in [3.8, 4) is 11.5 Å².